The van der Waals surface area contributed by atoms with Gasteiger partial charge in [-0.2, -0.15) is 0 Å². The van der Waals surface area contributed by atoms with Crippen LogP contribution in [-0.2, 0) is 11.2 Å². The van der Waals surface area contributed by atoms with E-state index >= 15 is 0 Å². The highest BCUT2D eigenvalue weighted by molar-refractivity contribution is 6.30. The third kappa shape index (κ3) is 5.62. The number of hydrogen-bond donors (Lipinski definition) is 1. The number of carboxylic acids is 1. The number of rotatable bonds is 7. The zero-order chi connectivity index (χ0) is 14.4. The van der Waals surface area contributed by atoms with Crippen LogP contribution in [0.2, 0.25) is 5.02 Å². The number of nitrogens with zero attached hydrogens (tertiary/aromatic N) is 1. The lowest BCUT2D eigenvalue weighted by atomic mass is 9.95. The Hall–Kier alpha value is -1.06. The van der Waals surface area contributed by atoms with Gasteiger partial charge in [0.1, 0.15) is 0 Å². The van der Waals surface area contributed by atoms with Gasteiger partial charge in [0.05, 0.1) is 6.42 Å². The van der Waals surface area contributed by atoms with Crippen molar-refractivity contribution in [1.82, 2.24) is 4.90 Å². The molecule has 3 nitrogen and oxygen atoms in total. The zero-order valence-corrected chi connectivity index (χ0v) is 12.5. The van der Waals surface area contributed by atoms with Gasteiger partial charge in [-0.05, 0) is 37.1 Å². The average Bonchev–Trinajstić information content (AvgIpc) is 2.34. The maximum Gasteiger partial charge on any atom is 0.304 e. The van der Waals surface area contributed by atoms with Crippen LogP contribution < -0.4 is 0 Å². The van der Waals surface area contributed by atoms with Crippen molar-refractivity contribution in [3.63, 3.8) is 0 Å². The summed E-state index contributed by atoms with van der Waals surface area (Å²) in [5, 5.41) is 9.50. The van der Waals surface area contributed by atoms with Gasteiger partial charge in [0, 0.05) is 17.6 Å². The van der Waals surface area contributed by atoms with Crippen LogP contribution in [0.15, 0.2) is 24.3 Å². The molecule has 1 atom stereocenters. The van der Waals surface area contributed by atoms with E-state index < -0.39 is 5.97 Å². The lowest BCUT2D eigenvalue weighted by molar-refractivity contribution is -0.137. The summed E-state index contributed by atoms with van der Waals surface area (Å²) in [6.07, 6.45) is 1.09. The van der Waals surface area contributed by atoms with Gasteiger partial charge in [0.2, 0.25) is 0 Å². The molecule has 0 saturated carbocycles. The summed E-state index contributed by atoms with van der Waals surface area (Å²) in [5.74, 6) is -0.282. The lowest BCUT2D eigenvalue weighted by Gasteiger charge is -2.31. The fourth-order valence-electron chi connectivity index (χ4n) is 2.20. The molecule has 0 aliphatic carbocycles. The first-order chi connectivity index (χ1) is 8.90. The quantitative estimate of drug-likeness (QED) is 0.834. The van der Waals surface area contributed by atoms with E-state index in [1.807, 2.05) is 31.3 Å². The Morgan fingerprint density at radius 1 is 1.32 bits per heavy atom. The fourth-order valence-corrected chi connectivity index (χ4v) is 2.33. The van der Waals surface area contributed by atoms with Crippen LogP contribution in [0.25, 0.3) is 0 Å². The van der Waals surface area contributed by atoms with Crippen LogP contribution in [0.4, 0.5) is 0 Å². The molecular formula is C15H22ClNO2. The molecule has 0 radical (unpaired) electrons. The van der Waals surface area contributed by atoms with Crippen LogP contribution in [0.1, 0.15) is 25.8 Å². The van der Waals surface area contributed by atoms with Gasteiger partial charge < -0.3 is 10.0 Å². The molecule has 1 aromatic rings. The fraction of sp³-hybridized carbons (Fsp3) is 0.533. The molecule has 4 heteroatoms. The van der Waals surface area contributed by atoms with Gasteiger partial charge in [0.15, 0.2) is 0 Å². The predicted molar refractivity (Wildman–Crippen MR) is 78.7 cm³/mol. The van der Waals surface area contributed by atoms with E-state index in [9.17, 15) is 4.79 Å². The maximum atomic E-state index is 10.7. The van der Waals surface area contributed by atoms with Crippen molar-refractivity contribution in [2.45, 2.75) is 32.7 Å². The Morgan fingerprint density at radius 2 is 1.89 bits per heavy atom. The molecule has 0 aliphatic heterocycles. The molecule has 0 bridgehead atoms. The van der Waals surface area contributed by atoms with E-state index in [0.717, 1.165) is 11.4 Å². The third-order valence-corrected chi connectivity index (χ3v) is 3.62. The number of carbonyl (C=O) groups is 1. The van der Waals surface area contributed by atoms with Crippen molar-refractivity contribution in [2.24, 2.45) is 5.92 Å². The lowest BCUT2D eigenvalue weighted by Crippen LogP contribution is -2.38. The van der Waals surface area contributed by atoms with Crippen LogP contribution in [0, 0.1) is 5.92 Å². The number of benzene rings is 1. The van der Waals surface area contributed by atoms with E-state index in [0.29, 0.717) is 18.5 Å². The largest absolute Gasteiger partial charge is 0.481 e. The minimum absolute atomic E-state index is 0.181. The second kappa shape index (κ2) is 7.51. The van der Waals surface area contributed by atoms with Crippen LogP contribution in [-0.4, -0.2) is 35.6 Å². The number of aliphatic carboxylic acids is 1. The van der Waals surface area contributed by atoms with Crippen LogP contribution in [0.3, 0.4) is 0 Å². The second-order valence-corrected chi connectivity index (χ2v) is 5.70. The summed E-state index contributed by atoms with van der Waals surface area (Å²) in [6, 6.07) is 8.18. The monoisotopic (exact) mass is 283 g/mol. The molecule has 1 unspecified atom stereocenters. The Labute approximate surface area is 120 Å². The van der Waals surface area contributed by atoms with Crippen molar-refractivity contribution in [2.75, 3.05) is 13.6 Å². The molecule has 1 N–H and O–H groups in total. The first-order valence-electron chi connectivity index (χ1n) is 6.56. The van der Waals surface area contributed by atoms with Gasteiger partial charge in [0.25, 0.3) is 0 Å². The normalized spacial score (nSPS) is 12.9. The average molecular weight is 284 g/mol. The molecule has 1 aromatic carbocycles. The smallest absolute Gasteiger partial charge is 0.304 e. The summed E-state index contributed by atoms with van der Waals surface area (Å²) in [7, 11) is 1.99. The van der Waals surface area contributed by atoms with Crippen molar-refractivity contribution in [3.8, 4) is 0 Å². The molecule has 0 spiro atoms. The van der Waals surface area contributed by atoms with Crippen LogP contribution in [0.5, 0.6) is 0 Å². The molecule has 0 aliphatic rings. The summed E-state index contributed by atoms with van der Waals surface area (Å²) in [5.41, 5.74) is 1.23. The number of halogens is 1. The highest BCUT2D eigenvalue weighted by atomic mass is 35.5. The summed E-state index contributed by atoms with van der Waals surface area (Å²) < 4.78 is 0. The van der Waals surface area contributed by atoms with Gasteiger partial charge in [-0.15, -0.1) is 0 Å². The molecule has 106 valence electrons. The van der Waals surface area contributed by atoms with Gasteiger partial charge in [-0.3, -0.25) is 4.79 Å². The van der Waals surface area contributed by atoms with E-state index in [4.69, 9.17) is 16.7 Å². The standard InChI is InChI=1S/C15H22ClNO2/c1-11(2)14(17(3)9-8-15(18)19)10-12-4-6-13(16)7-5-12/h4-7,11,14H,8-10H2,1-3H3,(H,18,19). The topological polar surface area (TPSA) is 40.5 Å². The first-order valence-corrected chi connectivity index (χ1v) is 6.94. The Morgan fingerprint density at radius 3 is 2.37 bits per heavy atom. The molecule has 0 amide bonds. The highest BCUT2D eigenvalue weighted by Gasteiger charge is 2.19. The Balaban J connectivity index is 2.66. The van der Waals surface area contributed by atoms with Crippen molar-refractivity contribution >= 4 is 17.6 Å². The zero-order valence-electron chi connectivity index (χ0n) is 11.8. The van der Waals surface area contributed by atoms with Crippen molar-refractivity contribution < 1.29 is 9.90 Å². The molecule has 1 rings (SSSR count). The van der Waals surface area contributed by atoms with Crippen molar-refractivity contribution in [3.05, 3.63) is 34.9 Å². The molecule has 0 fully saturated rings. The Kier molecular flexibility index (Phi) is 6.32. The summed E-state index contributed by atoms with van der Waals surface area (Å²) in [6.45, 7) is 4.90. The van der Waals surface area contributed by atoms with E-state index in [-0.39, 0.29) is 6.42 Å². The van der Waals surface area contributed by atoms with E-state index in [2.05, 4.69) is 18.7 Å². The minimum Gasteiger partial charge on any atom is -0.481 e. The number of likely N-dealkylation sites (N-methyl/N-ethyl adjacent to an activating group) is 1. The van der Waals surface area contributed by atoms with Gasteiger partial charge in [-0.1, -0.05) is 37.6 Å². The summed E-state index contributed by atoms with van der Waals surface area (Å²) in [4.78, 5) is 12.8. The molecule has 19 heavy (non-hydrogen) atoms. The molecule has 0 saturated heterocycles. The van der Waals surface area contributed by atoms with Crippen molar-refractivity contribution in [1.29, 1.82) is 0 Å². The molecule has 0 aromatic heterocycles. The first kappa shape index (κ1) is 16.0. The predicted octanol–water partition coefficient (Wildman–Crippen LogP) is 3.31. The SMILES string of the molecule is CC(C)C(Cc1ccc(Cl)cc1)N(C)CCC(=O)O. The molecule has 0 heterocycles. The van der Waals surface area contributed by atoms with Gasteiger partial charge >= 0.3 is 5.97 Å². The summed E-state index contributed by atoms with van der Waals surface area (Å²) >= 11 is 5.88. The Bertz CT molecular complexity index is 403. The highest BCUT2D eigenvalue weighted by Crippen LogP contribution is 2.17. The van der Waals surface area contributed by atoms with E-state index in [1.165, 1.54) is 5.56 Å². The van der Waals surface area contributed by atoms with E-state index in [1.54, 1.807) is 0 Å². The second-order valence-electron chi connectivity index (χ2n) is 5.27. The third-order valence-electron chi connectivity index (χ3n) is 3.37. The van der Waals surface area contributed by atoms with Crippen LogP contribution >= 0.6 is 11.6 Å². The van der Waals surface area contributed by atoms with Gasteiger partial charge in [-0.25, -0.2) is 0 Å². The minimum atomic E-state index is -0.749. The number of hydrogen-bond acceptors (Lipinski definition) is 2. The number of carboxylic acid groups (broad SMARTS) is 1. The maximum absolute atomic E-state index is 10.7. The molecular weight excluding hydrogens is 262 g/mol.